The highest BCUT2D eigenvalue weighted by Crippen LogP contribution is 2.25. The number of halogens is 3. The molecule has 1 nitrogen and oxygen atoms in total. The van der Waals surface area contributed by atoms with Crippen LogP contribution in [0.1, 0.15) is 11.1 Å². The van der Waals surface area contributed by atoms with Crippen molar-refractivity contribution < 1.29 is 0 Å². The zero-order chi connectivity index (χ0) is 13.0. The largest absolute Gasteiger partial charge is 0.381 e. The molecule has 18 heavy (non-hydrogen) atoms. The number of hydrogen-bond acceptors (Lipinski definition) is 1. The minimum absolute atomic E-state index is 0.502. The predicted molar refractivity (Wildman–Crippen MR) is 79.8 cm³/mol. The quantitative estimate of drug-likeness (QED) is 0.751. The summed E-state index contributed by atoms with van der Waals surface area (Å²) in [6, 6.07) is 13.5. The molecule has 0 saturated carbocycles. The molecule has 0 aromatic heterocycles. The van der Waals surface area contributed by atoms with E-state index in [4.69, 9.17) is 34.8 Å². The Morgan fingerprint density at radius 3 is 2.28 bits per heavy atom. The Hall–Kier alpha value is -0.890. The van der Waals surface area contributed by atoms with Crippen molar-refractivity contribution in [3.8, 4) is 0 Å². The topological polar surface area (TPSA) is 12.0 Å². The molecule has 0 atom stereocenters. The third kappa shape index (κ3) is 3.32. The van der Waals surface area contributed by atoms with Crippen LogP contribution in [-0.4, -0.2) is 0 Å². The van der Waals surface area contributed by atoms with Crippen LogP contribution in [0, 0.1) is 0 Å². The Balaban J connectivity index is 2.11. The standard InChI is InChI=1S/C14H12Cl3N/c15-8-10-3-1-4-11(7-10)18-9-12-13(16)5-2-6-14(12)17/h1-7,18H,8-9H2. The molecule has 94 valence electrons. The van der Waals surface area contributed by atoms with E-state index in [0.717, 1.165) is 16.8 Å². The highest BCUT2D eigenvalue weighted by atomic mass is 35.5. The Bertz CT molecular complexity index is 520. The van der Waals surface area contributed by atoms with Gasteiger partial charge in [0.2, 0.25) is 0 Å². The summed E-state index contributed by atoms with van der Waals surface area (Å²) in [7, 11) is 0. The van der Waals surface area contributed by atoms with Crippen molar-refractivity contribution in [2.75, 3.05) is 5.32 Å². The molecule has 4 heteroatoms. The summed E-state index contributed by atoms with van der Waals surface area (Å²) in [6.45, 7) is 0.588. The van der Waals surface area contributed by atoms with Gasteiger partial charge in [0.25, 0.3) is 0 Å². The monoisotopic (exact) mass is 299 g/mol. The van der Waals surface area contributed by atoms with Gasteiger partial charge in [0.1, 0.15) is 0 Å². The lowest BCUT2D eigenvalue weighted by atomic mass is 10.2. The van der Waals surface area contributed by atoms with Gasteiger partial charge in [-0.2, -0.15) is 0 Å². The van der Waals surface area contributed by atoms with Crippen LogP contribution in [0.4, 0.5) is 5.69 Å². The third-order valence-corrected chi connectivity index (χ3v) is 3.63. The van der Waals surface area contributed by atoms with Crippen LogP contribution in [0.3, 0.4) is 0 Å². The summed E-state index contributed by atoms with van der Waals surface area (Å²) >= 11 is 18.0. The highest BCUT2D eigenvalue weighted by molar-refractivity contribution is 6.36. The first-order valence-corrected chi connectivity index (χ1v) is 6.81. The second kappa shape index (κ2) is 6.33. The molecule has 0 heterocycles. The van der Waals surface area contributed by atoms with E-state index in [-0.39, 0.29) is 0 Å². The van der Waals surface area contributed by atoms with Crippen molar-refractivity contribution >= 4 is 40.5 Å². The van der Waals surface area contributed by atoms with E-state index >= 15 is 0 Å². The summed E-state index contributed by atoms with van der Waals surface area (Å²) in [6.07, 6.45) is 0. The van der Waals surface area contributed by atoms with E-state index in [1.807, 2.05) is 42.5 Å². The van der Waals surface area contributed by atoms with Crippen LogP contribution < -0.4 is 5.32 Å². The van der Waals surface area contributed by atoms with Gasteiger partial charge in [-0.05, 0) is 29.8 Å². The van der Waals surface area contributed by atoms with E-state index in [9.17, 15) is 0 Å². The van der Waals surface area contributed by atoms with Crippen LogP contribution in [0.2, 0.25) is 10.0 Å². The van der Waals surface area contributed by atoms with Gasteiger partial charge in [0, 0.05) is 33.7 Å². The molecule has 2 aromatic carbocycles. The third-order valence-electron chi connectivity index (χ3n) is 2.61. The summed E-state index contributed by atoms with van der Waals surface area (Å²) < 4.78 is 0. The molecule has 0 aliphatic rings. The van der Waals surface area contributed by atoms with Gasteiger partial charge < -0.3 is 5.32 Å². The Morgan fingerprint density at radius 2 is 1.61 bits per heavy atom. The van der Waals surface area contributed by atoms with Crippen LogP contribution in [0.15, 0.2) is 42.5 Å². The maximum Gasteiger partial charge on any atom is 0.0474 e. The molecule has 0 amide bonds. The number of alkyl halides is 1. The van der Waals surface area contributed by atoms with Crippen LogP contribution in [0.5, 0.6) is 0 Å². The van der Waals surface area contributed by atoms with Gasteiger partial charge in [-0.1, -0.05) is 41.4 Å². The van der Waals surface area contributed by atoms with Crippen LogP contribution in [-0.2, 0) is 12.4 Å². The number of hydrogen-bond donors (Lipinski definition) is 1. The molecule has 0 bridgehead atoms. The van der Waals surface area contributed by atoms with Crippen molar-refractivity contribution in [3.63, 3.8) is 0 Å². The normalized spacial score (nSPS) is 10.4. The molecule has 0 aliphatic carbocycles. The fraction of sp³-hybridized carbons (Fsp3) is 0.143. The summed E-state index contributed by atoms with van der Waals surface area (Å²) in [5, 5.41) is 4.63. The first-order valence-electron chi connectivity index (χ1n) is 5.52. The fourth-order valence-electron chi connectivity index (χ4n) is 1.66. The molecule has 0 aliphatic heterocycles. The number of anilines is 1. The first-order chi connectivity index (χ1) is 8.70. The van der Waals surface area contributed by atoms with E-state index in [1.54, 1.807) is 0 Å². The first kappa shape index (κ1) is 13.5. The summed E-state index contributed by atoms with van der Waals surface area (Å²) in [5.41, 5.74) is 2.98. The van der Waals surface area contributed by atoms with Crippen molar-refractivity contribution in [1.29, 1.82) is 0 Å². The maximum absolute atomic E-state index is 6.11. The molecule has 0 saturated heterocycles. The highest BCUT2D eigenvalue weighted by Gasteiger charge is 2.05. The van der Waals surface area contributed by atoms with Gasteiger partial charge in [-0.15, -0.1) is 11.6 Å². The minimum atomic E-state index is 0.502. The molecule has 0 fully saturated rings. The lowest BCUT2D eigenvalue weighted by Gasteiger charge is -2.10. The average molecular weight is 301 g/mol. The number of rotatable bonds is 4. The zero-order valence-electron chi connectivity index (χ0n) is 9.59. The second-order valence-electron chi connectivity index (χ2n) is 3.89. The van der Waals surface area contributed by atoms with Crippen molar-refractivity contribution in [2.24, 2.45) is 0 Å². The Kier molecular flexibility index (Phi) is 4.76. The van der Waals surface area contributed by atoms with Gasteiger partial charge in [0.05, 0.1) is 0 Å². The molecular weight excluding hydrogens is 289 g/mol. The van der Waals surface area contributed by atoms with Gasteiger partial charge in [-0.25, -0.2) is 0 Å². The van der Waals surface area contributed by atoms with E-state index in [0.29, 0.717) is 22.5 Å². The smallest absolute Gasteiger partial charge is 0.0474 e. The number of benzene rings is 2. The molecule has 1 N–H and O–H groups in total. The van der Waals surface area contributed by atoms with Gasteiger partial charge >= 0.3 is 0 Å². The zero-order valence-corrected chi connectivity index (χ0v) is 11.9. The summed E-state index contributed by atoms with van der Waals surface area (Å²) in [4.78, 5) is 0. The lowest BCUT2D eigenvalue weighted by Crippen LogP contribution is -2.01. The molecule has 0 spiro atoms. The van der Waals surface area contributed by atoms with Crippen molar-refractivity contribution in [2.45, 2.75) is 12.4 Å². The van der Waals surface area contributed by atoms with E-state index in [1.165, 1.54) is 0 Å². The molecule has 2 rings (SSSR count). The van der Waals surface area contributed by atoms with Crippen molar-refractivity contribution in [3.05, 3.63) is 63.6 Å². The molecular formula is C14H12Cl3N. The number of nitrogens with one attached hydrogen (secondary N) is 1. The van der Waals surface area contributed by atoms with Crippen LogP contribution >= 0.6 is 34.8 Å². The van der Waals surface area contributed by atoms with Gasteiger partial charge in [-0.3, -0.25) is 0 Å². The average Bonchev–Trinajstić information content (AvgIpc) is 2.38. The van der Waals surface area contributed by atoms with Gasteiger partial charge in [0.15, 0.2) is 0 Å². The Labute approximate surface area is 122 Å². The SMILES string of the molecule is ClCc1cccc(NCc2c(Cl)cccc2Cl)c1. The maximum atomic E-state index is 6.11. The molecule has 2 aromatic rings. The predicted octanol–water partition coefficient (Wildman–Crippen LogP) is 5.34. The fourth-order valence-corrected chi connectivity index (χ4v) is 2.35. The minimum Gasteiger partial charge on any atom is -0.381 e. The molecule has 0 unspecified atom stereocenters. The Morgan fingerprint density at radius 1 is 0.944 bits per heavy atom. The van der Waals surface area contributed by atoms with E-state index in [2.05, 4.69) is 5.32 Å². The van der Waals surface area contributed by atoms with E-state index < -0.39 is 0 Å². The van der Waals surface area contributed by atoms with Crippen molar-refractivity contribution in [1.82, 2.24) is 0 Å². The second-order valence-corrected chi connectivity index (χ2v) is 4.97. The lowest BCUT2D eigenvalue weighted by molar-refractivity contribution is 1.15. The molecule has 0 radical (unpaired) electrons. The summed E-state index contributed by atoms with van der Waals surface area (Å²) in [5.74, 6) is 0.502. The van der Waals surface area contributed by atoms with Crippen LogP contribution in [0.25, 0.3) is 0 Å².